The molecule has 1 fully saturated rings. The summed E-state index contributed by atoms with van der Waals surface area (Å²) in [5.74, 6) is 1.78. The van der Waals surface area contributed by atoms with Gasteiger partial charge in [-0.2, -0.15) is 0 Å². The van der Waals surface area contributed by atoms with Crippen molar-refractivity contribution in [1.82, 2.24) is 5.32 Å². The molecule has 6 heteroatoms. The van der Waals surface area contributed by atoms with Crippen LogP contribution in [0.25, 0.3) is 0 Å². The van der Waals surface area contributed by atoms with E-state index < -0.39 is 0 Å². The number of nitrogens with one attached hydrogen (secondary N) is 2. The van der Waals surface area contributed by atoms with Crippen LogP contribution in [0.3, 0.4) is 0 Å². The first kappa shape index (κ1) is 20.1. The van der Waals surface area contributed by atoms with Crippen LogP contribution in [0.1, 0.15) is 32.1 Å². The van der Waals surface area contributed by atoms with Gasteiger partial charge in [-0.1, -0.05) is 43.5 Å². The molecule has 1 saturated carbocycles. The molecule has 2 aromatic rings. The maximum Gasteiger partial charge on any atom is 0.264 e. The first-order valence-electron chi connectivity index (χ1n) is 9.70. The Morgan fingerprint density at radius 1 is 0.964 bits per heavy atom. The number of hydrogen-bond acceptors (Lipinski definition) is 4. The first-order chi connectivity index (χ1) is 13.7. The topological polar surface area (TPSA) is 59.6 Å². The molecule has 0 aliphatic heterocycles. The van der Waals surface area contributed by atoms with Crippen molar-refractivity contribution in [3.05, 3.63) is 54.6 Å². The molecule has 0 radical (unpaired) electrons. The van der Waals surface area contributed by atoms with E-state index in [9.17, 15) is 4.79 Å². The van der Waals surface area contributed by atoms with E-state index in [2.05, 4.69) is 10.6 Å². The SMILES string of the molecule is O=C(COc1ccccc1)NC(=S)Nc1cccc(OCC2CCCCC2)c1. The molecule has 5 nitrogen and oxygen atoms in total. The van der Waals surface area contributed by atoms with E-state index in [-0.39, 0.29) is 17.6 Å². The molecular formula is C22H26N2O3S. The lowest BCUT2D eigenvalue weighted by molar-refractivity contribution is -0.121. The molecule has 0 atom stereocenters. The summed E-state index contributed by atoms with van der Waals surface area (Å²) in [7, 11) is 0. The van der Waals surface area contributed by atoms with Gasteiger partial charge in [-0.05, 0) is 55.2 Å². The van der Waals surface area contributed by atoms with Crippen molar-refractivity contribution < 1.29 is 14.3 Å². The lowest BCUT2D eigenvalue weighted by Gasteiger charge is -2.21. The van der Waals surface area contributed by atoms with Crippen LogP contribution in [0, 0.1) is 5.92 Å². The highest BCUT2D eigenvalue weighted by Crippen LogP contribution is 2.25. The van der Waals surface area contributed by atoms with Crippen LogP contribution in [-0.4, -0.2) is 24.2 Å². The van der Waals surface area contributed by atoms with Crippen LogP contribution in [0.4, 0.5) is 5.69 Å². The Bertz CT molecular complexity index is 776. The number of ether oxygens (including phenoxy) is 2. The summed E-state index contributed by atoms with van der Waals surface area (Å²) < 4.78 is 11.4. The van der Waals surface area contributed by atoms with E-state index in [4.69, 9.17) is 21.7 Å². The second kappa shape index (κ2) is 10.7. The van der Waals surface area contributed by atoms with Gasteiger partial charge in [-0.3, -0.25) is 10.1 Å². The second-order valence-electron chi connectivity index (χ2n) is 6.95. The number of carbonyl (C=O) groups is 1. The minimum Gasteiger partial charge on any atom is -0.493 e. The van der Waals surface area contributed by atoms with Gasteiger partial charge in [0.05, 0.1) is 6.61 Å². The standard InChI is InChI=1S/C22H26N2O3S/c25-21(16-27-19-11-5-2-6-12-19)24-22(28)23-18-10-7-13-20(14-18)26-15-17-8-3-1-4-9-17/h2,5-7,10-14,17H,1,3-4,8-9,15-16H2,(H2,23,24,25,28). The number of anilines is 1. The van der Waals surface area contributed by atoms with Gasteiger partial charge in [0.25, 0.3) is 5.91 Å². The lowest BCUT2D eigenvalue weighted by Crippen LogP contribution is -2.37. The second-order valence-corrected chi connectivity index (χ2v) is 7.36. The zero-order valence-corrected chi connectivity index (χ0v) is 16.7. The van der Waals surface area contributed by atoms with Crippen molar-refractivity contribution in [2.75, 3.05) is 18.5 Å². The summed E-state index contributed by atoms with van der Waals surface area (Å²) in [6.07, 6.45) is 6.45. The van der Waals surface area contributed by atoms with Gasteiger partial charge in [0, 0.05) is 11.8 Å². The van der Waals surface area contributed by atoms with Gasteiger partial charge in [0.2, 0.25) is 0 Å². The van der Waals surface area contributed by atoms with Crippen molar-refractivity contribution >= 4 is 28.9 Å². The molecule has 3 rings (SSSR count). The molecule has 0 unspecified atom stereocenters. The molecule has 2 N–H and O–H groups in total. The fourth-order valence-electron chi connectivity index (χ4n) is 3.22. The van der Waals surface area contributed by atoms with E-state index in [0.29, 0.717) is 11.7 Å². The number of thiocarbonyl (C=S) groups is 1. The largest absolute Gasteiger partial charge is 0.493 e. The highest BCUT2D eigenvalue weighted by molar-refractivity contribution is 7.80. The Morgan fingerprint density at radius 3 is 2.50 bits per heavy atom. The third-order valence-electron chi connectivity index (χ3n) is 4.67. The van der Waals surface area contributed by atoms with Crippen molar-refractivity contribution in [2.24, 2.45) is 5.92 Å². The molecule has 1 amide bonds. The van der Waals surface area contributed by atoms with E-state index in [1.165, 1.54) is 32.1 Å². The minimum absolute atomic E-state index is 0.101. The summed E-state index contributed by atoms with van der Waals surface area (Å²) in [6, 6.07) is 16.8. The van der Waals surface area contributed by atoms with Crippen LogP contribution < -0.4 is 20.1 Å². The highest BCUT2D eigenvalue weighted by Gasteiger charge is 2.14. The average Bonchev–Trinajstić information content (AvgIpc) is 2.72. The van der Waals surface area contributed by atoms with E-state index in [1.54, 1.807) is 12.1 Å². The van der Waals surface area contributed by atoms with Crippen molar-refractivity contribution in [1.29, 1.82) is 0 Å². The van der Waals surface area contributed by atoms with Crippen LogP contribution in [0.15, 0.2) is 54.6 Å². The van der Waals surface area contributed by atoms with Crippen LogP contribution >= 0.6 is 12.2 Å². The summed E-state index contributed by atoms with van der Waals surface area (Å²) in [5, 5.41) is 5.86. The van der Waals surface area contributed by atoms with Gasteiger partial charge in [0.1, 0.15) is 11.5 Å². The predicted octanol–water partition coefficient (Wildman–Crippen LogP) is 4.54. The van der Waals surface area contributed by atoms with Crippen LogP contribution in [0.5, 0.6) is 11.5 Å². The Labute approximate surface area is 171 Å². The first-order valence-corrected chi connectivity index (χ1v) is 10.1. The van der Waals surface area contributed by atoms with Crippen molar-refractivity contribution in [3.63, 3.8) is 0 Å². The molecule has 0 saturated heterocycles. The predicted molar refractivity (Wildman–Crippen MR) is 115 cm³/mol. The molecule has 0 aromatic heterocycles. The minimum atomic E-state index is -0.314. The smallest absolute Gasteiger partial charge is 0.264 e. The molecule has 1 aliphatic rings. The maximum atomic E-state index is 12.0. The normalized spacial score (nSPS) is 14.1. The molecule has 0 bridgehead atoms. The van der Waals surface area contributed by atoms with E-state index >= 15 is 0 Å². The molecule has 0 spiro atoms. The lowest BCUT2D eigenvalue weighted by atomic mass is 9.90. The van der Waals surface area contributed by atoms with Gasteiger partial charge >= 0.3 is 0 Å². The van der Waals surface area contributed by atoms with E-state index in [0.717, 1.165) is 18.0 Å². The monoisotopic (exact) mass is 398 g/mol. The zero-order valence-electron chi connectivity index (χ0n) is 15.9. The summed E-state index contributed by atoms with van der Waals surface area (Å²) >= 11 is 5.21. The Hall–Kier alpha value is -2.60. The van der Waals surface area contributed by atoms with Gasteiger partial charge in [0.15, 0.2) is 11.7 Å². The summed E-state index contributed by atoms with van der Waals surface area (Å²) in [5.41, 5.74) is 0.774. The number of rotatable bonds is 7. The Morgan fingerprint density at radius 2 is 1.71 bits per heavy atom. The molecular weight excluding hydrogens is 372 g/mol. The molecule has 148 valence electrons. The third kappa shape index (κ3) is 6.85. The third-order valence-corrected chi connectivity index (χ3v) is 4.87. The van der Waals surface area contributed by atoms with E-state index in [1.807, 2.05) is 42.5 Å². The fraction of sp³-hybridized carbons (Fsp3) is 0.364. The Kier molecular flexibility index (Phi) is 7.67. The average molecular weight is 399 g/mol. The quantitative estimate of drug-likeness (QED) is 0.671. The van der Waals surface area contributed by atoms with Crippen LogP contribution in [0.2, 0.25) is 0 Å². The summed E-state index contributed by atoms with van der Waals surface area (Å²) in [6.45, 7) is 0.651. The number of carbonyl (C=O) groups excluding carboxylic acids is 1. The number of hydrogen-bond donors (Lipinski definition) is 2. The number of para-hydroxylation sites is 1. The van der Waals surface area contributed by atoms with Crippen molar-refractivity contribution in [3.8, 4) is 11.5 Å². The zero-order chi connectivity index (χ0) is 19.6. The summed E-state index contributed by atoms with van der Waals surface area (Å²) in [4.78, 5) is 12.0. The molecule has 1 aliphatic carbocycles. The highest BCUT2D eigenvalue weighted by atomic mass is 32.1. The van der Waals surface area contributed by atoms with Crippen molar-refractivity contribution in [2.45, 2.75) is 32.1 Å². The molecule has 28 heavy (non-hydrogen) atoms. The van der Waals surface area contributed by atoms with Gasteiger partial charge in [-0.25, -0.2) is 0 Å². The van der Waals surface area contributed by atoms with Gasteiger partial charge < -0.3 is 14.8 Å². The number of benzene rings is 2. The van der Waals surface area contributed by atoms with Crippen LogP contribution in [-0.2, 0) is 4.79 Å². The fourth-order valence-corrected chi connectivity index (χ4v) is 3.45. The maximum absolute atomic E-state index is 12.0. The molecule has 0 heterocycles. The van der Waals surface area contributed by atoms with Gasteiger partial charge in [-0.15, -0.1) is 0 Å². The number of amides is 1. The molecule has 2 aromatic carbocycles. The Balaban J connectivity index is 1.42.